The first kappa shape index (κ1) is 22.4. The summed E-state index contributed by atoms with van der Waals surface area (Å²) in [4.78, 5) is 29.4. The fraction of sp³-hybridized carbons (Fsp3) is 0.292. The first-order valence-electron chi connectivity index (χ1n) is 10.5. The molecule has 8 heteroatoms. The molecule has 0 atom stereocenters. The topological polar surface area (TPSA) is 58.4 Å². The molecule has 1 aliphatic heterocycles. The third-order valence-corrected chi connectivity index (χ3v) is 6.17. The van der Waals surface area contributed by atoms with E-state index in [-0.39, 0.29) is 11.8 Å². The molecule has 1 fully saturated rings. The van der Waals surface area contributed by atoms with Gasteiger partial charge < -0.3 is 9.80 Å². The highest BCUT2D eigenvalue weighted by Gasteiger charge is 2.26. The van der Waals surface area contributed by atoms with Gasteiger partial charge in [0.05, 0.1) is 22.8 Å². The second-order valence-electron chi connectivity index (χ2n) is 7.99. The Labute approximate surface area is 197 Å². The molecule has 1 aliphatic rings. The van der Waals surface area contributed by atoms with Crippen LogP contribution in [0.5, 0.6) is 0 Å². The summed E-state index contributed by atoms with van der Waals surface area (Å²) in [6, 6.07) is 14.5. The Morgan fingerprint density at radius 2 is 1.59 bits per heavy atom. The van der Waals surface area contributed by atoms with E-state index in [2.05, 4.69) is 5.10 Å². The maximum atomic E-state index is 13.1. The molecule has 1 aromatic heterocycles. The SMILES string of the molecule is Cc1cc(C)n(Cc2cccc(C(=O)N3CCN(C(=O)c4ccc(Cl)cc4Cl)CC3)c2)n1. The molecule has 32 heavy (non-hydrogen) atoms. The van der Waals surface area contributed by atoms with Crippen molar-refractivity contribution in [2.75, 3.05) is 26.2 Å². The summed E-state index contributed by atoms with van der Waals surface area (Å²) in [5.74, 6) is -0.178. The van der Waals surface area contributed by atoms with Crippen molar-refractivity contribution in [3.05, 3.63) is 86.7 Å². The highest BCUT2D eigenvalue weighted by molar-refractivity contribution is 6.36. The number of hydrogen-bond donors (Lipinski definition) is 0. The molecule has 0 saturated carbocycles. The molecule has 166 valence electrons. The molecule has 0 N–H and O–H groups in total. The molecule has 1 saturated heterocycles. The Morgan fingerprint density at radius 1 is 0.906 bits per heavy atom. The molecule has 0 aliphatic carbocycles. The van der Waals surface area contributed by atoms with Gasteiger partial charge in [-0.3, -0.25) is 14.3 Å². The van der Waals surface area contributed by atoms with Crippen LogP contribution in [0.15, 0.2) is 48.5 Å². The molecular weight excluding hydrogens is 447 g/mol. The number of piperazine rings is 1. The summed E-state index contributed by atoms with van der Waals surface area (Å²) in [7, 11) is 0. The number of nitrogens with zero attached hydrogens (tertiary/aromatic N) is 4. The van der Waals surface area contributed by atoms with Crippen molar-refractivity contribution in [1.82, 2.24) is 19.6 Å². The maximum Gasteiger partial charge on any atom is 0.255 e. The van der Waals surface area contributed by atoms with Gasteiger partial charge in [-0.15, -0.1) is 0 Å². The van der Waals surface area contributed by atoms with Gasteiger partial charge in [0.15, 0.2) is 0 Å². The van der Waals surface area contributed by atoms with Crippen LogP contribution < -0.4 is 0 Å². The van der Waals surface area contributed by atoms with E-state index in [9.17, 15) is 9.59 Å². The van der Waals surface area contributed by atoms with Crippen LogP contribution >= 0.6 is 23.2 Å². The second kappa shape index (κ2) is 9.35. The molecule has 6 nitrogen and oxygen atoms in total. The third kappa shape index (κ3) is 4.81. The van der Waals surface area contributed by atoms with E-state index in [1.807, 2.05) is 48.9 Å². The number of carbonyl (C=O) groups is 2. The highest BCUT2D eigenvalue weighted by atomic mass is 35.5. The number of amides is 2. The van der Waals surface area contributed by atoms with Crippen LogP contribution in [0.3, 0.4) is 0 Å². The Morgan fingerprint density at radius 3 is 2.22 bits per heavy atom. The van der Waals surface area contributed by atoms with Crippen molar-refractivity contribution in [2.24, 2.45) is 0 Å². The van der Waals surface area contributed by atoms with E-state index in [4.69, 9.17) is 23.2 Å². The molecule has 3 aromatic rings. The monoisotopic (exact) mass is 470 g/mol. The van der Waals surface area contributed by atoms with Crippen molar-refractivity contribution >= 4 is 35.0 Å². The lowest BCUT2D eigenvalue weighted by Crippen LogP contribution is -2.50. The van der Waals surface area contributed by atoms with Gasteiger partial charge in [0.2, 0.25) is 0 Å². The maximum absolute atomic E-state index is 13.1. The first-order chi connectivity index (χ1) is 15.3. The van der Waals surface area contributed by atoms with Crippen molar-refractivity contribution < 1.29 is 9.59 Å². The minimum Gasteiger partial charge on any atom is -0.335 e. The van der Waals surface area contributed by atoms with Crippen LogP contribution in [0, 0.1) is 13.8 Å². The lowest BCUT2D eigenvalue weighted by atomic mass is 10.1. The van der Waals surface area contributed by atoms with Crippen LogP contribution in [0.25, 0.3) is 0 Å². The van der Waals surface area contributed by atoms with Gasteiger partial charge in [0.25, 0.3) is 11.8 Å². The first-order valence-corrected chi connectivity index (χ1v) is 11.2. The molecule has 2 amide bonds. The van der Waals surface area contributed by atoms with Gasteiger partial charge in [-0.1, -0.05) is 35.3 Å². The predicted octanol–water partition coefficient (Wildman–Crippen LogP) is 4.45. The quantitative estimate of drug-likeness (QED) is 0.565. The van der Waals surface area contributed by atoms with Crippen LogP contribution in [-0.2, 0) is 6.54 Å². The van der Waals surface area contributed by atoms with E-state index >= 15 is 0 Å². The zero-order chi connectivity index (χ0) is 22.8. The highest BCUT2D eigenvalue weighted by Crippen LogP contribution is 2.23. The summed E-state index contributed by atoms with van der Waals surface area (Å²) in [6.07, 6.45) is 0. The molecular formula is C24H24Cl2N4O2. The van der Waals surface area contributed by atoms with Crippen LogP contribution in [-0.4, -0.2) is 57.6 Å². The van der Waals surface area contributed by atoms with Gasteiger partial charge in [0, 0.05) is 42.5 Å². The summed E-state index contributed by atoms with van der Waals surface area (Å²) in [6.45, 7) is 6.45. The van der Waals surface area contributed by atoms with Gasteiger partial charge in [-0.25, -0.2) is 0 Å². The average Bonchev–Trinajstić information content (AvgIpc) is 3.09. The summed E-state index contributed by atoms with van der Waals surface area (Å²) >= 11 is 12.1. The Kier molecular flexibility index (Phi) is 6.53. The van der Waals surface area contributed by atoms with E-state index in [0.717, 1.165) is 17.0 Å². The van der Waals surface area contributed by atoms with Gasteiger partial charge in [-0.2, -0.15) is 5.10 Å². The normalized spacial score (nSPS) is 14.0. The molecule has 2 aromatic carbocycles. The predicted molar refractivity (Wildman–Crippen MR) is 126 cm³/mol. The number of hydrogen-bond acceptors (Lipinski definition) is 3. The van der Waals surface area contributed by atoms with Crippen molar-refractivity contribution in [3.63, 3.8) is 0 Å². The standard InChI is InChI=1S/C24H24Cl2N4O2/c1-16-12-17(2)30(27-16)15-18-4-3-5-19(13-18)23(31)28-8-10-29(11-9-28)24(32)21-7-6-20(25)14-22(21)26/h3-7,12-14H,8-11,15H2,1-2H3. The summed E-state index contributed by atoms with van der Waals surface area (Å²) < 4.78 is 1.94. The van der Waals surface area contributed by atoms with Gasteiger partial charge in [0.1, 0.15) is 0 Å². The van der Waals surface area contributed by atoms with Crippen LogP contribution in [0.4, 0.5) is 0 Å². The minimum atomic E-state index is -0.148. The largest absolute Gasteiger partial charge is 0.335 e. The average molecular weight is 471 g/mol. The molecule has 0 radical (unpaired) electrons. The smallest absolute Gasteiger partial charge is 0.255 e. The number of benzene rings is 2. The fourth-order valence-electron chi connectivity index (χ4n) is 3.94. The Bertz CT molecular complexity index is 1170. The summed E-state index contributed by atoms with van der Waals surface area (Å²) in [5.41, 5.74) is 4.15. The fourth-order valence-corrected chi connectivity index (χ4v) is 4.43. The summed E-state index contributed by atoms with van der Waals surface area (Å²) in [5, 5.41) is 5.32. The number of aromatic nitrogens is 2. The van der Waals surface area contributed by atoms with Crippen molar-refractivity contribution in [3.8, 4) is 0 Å². The number of halogens is 2. The molecule has 0 unspecified atom stereocenters. The van der Waals surface area contributed by atoms with E-state index in [0.29, 0.717) is 53.9 Å². The van der Waals surface area contributed by atoms with Gasteiger partial charge >= 0.3 is 0 Å². The molecule has 4 rings (SSSR count). The zero-order valence-electron chi connectivity index (χ0n) is 18.0. The minimum absolute atomic E-state index is 0.0307. The third-order valence-electron chi connectivity index (χ3n) is 5.63. The van der Waals surface area contributed by atoms with Crippen LogP contribution in [0.2, 0.25) is 10.0 Å². The molecule has 0 spiro atoms. The van der Waals surface area contributed by atoms with Gasteiger partial charge in [-0.05, 0) is 55.8 Å². The number of rotatable bonds is 4. The molecule has 0 bridgehead atoms. The Hall–Kier alpha value is -2.83. The zero-order valence-corrected chi connectivity index (χ0v) is 19.5. The molecule has 2 heterocycles. The Balaban J connectivity index is 1.40. The lowest BCUT2D eigenvalue weighted by molar-refractivity contribution is 0.0535. The van der Waals surface area contributed by atoms with E-state index in [1.54, 1.807) is 28.0 Å². The van der Waals surface area contributed by atoms with Crippen molar-refractivity contribution in [1.29, 1.82) is 0 Å². The van der Waals surface area contributed by atoms with Crippen molar-refractivity contribution in [2.45, 2.75) is 20.4 Å². The number of aryl methyl sites for hydroxylation is 2. The van der Waals surface area contributed by atoms with Crippen LogP contribution in [0.1, 0.15) is 37.7 Å². The second-order valence-corrected chi connectivity index (χ2v) is 8.84. The van der Waals surface area contributed by atoms with E-state index < -0.39 is 0 Å². The lowest BCUT2D eigenvalue weighted by Gasteiger charge is -2.35. The number of carbonyl (C=O) groups excluding carboxylic acids is 2. The van der Waals surface area contributed by atoms with E-state index in [1.165, 1.54) is 0 Å².